The van der Waals surface area contributed by atoms with Crippen LogP contribution in [-0.4, -0.2) is 0 Å². The zero-order valence-electron chi connectivity index (χ0n) is 18.5. The summed E-state index contributed by atoms with van der Waals surface area (Å²) in [5, 5.41) is 2.41. The van der Waals surface area contributed by atoms with Crippen LogP contribution < -0.4 is 4.22 Å². The van der Waals surface area contributed by atoms with Crippen molar-refractivity contribution in [3.8, 4) is 22.3 Å². The number of rotatable bonds is 4. The molecule has 0 saturated heterocycles. The minimum atomic E-state index is -3.52. The second-order valence-electron chi connectivity index (χ2n) is 8.95. The molecule has 0 aromatic heterocycles. The summed E-state index contributed by atoms with van der Waals surface area (Å²) in [4.78, 5) is 0. The number of benzene rings is 5. The van der Waals surface area contributed by atoms with Gasteiger partial charge >= 0.3 is 213 Å². The topological polar surface area (TPSA) is 26.0 Å². The molecule has 0 fully saturated rings. The van der Waals surface area contributed by atoms with Crippen LogP contribution in [0.5, 0.6) is 0 Å². The van der Waals surface area contributed by atoms with Gasteiger partial charge in [-0.1, -0.05) is 0 Å². The molecule has 0 amide bonds. The maximum absolute atomic E-state index is 6.69. The maximum atomic E-state index is 6.69. The first-order valence-electron chi connectivity index (χ1n) is 11.5. The Bertz CT molecular complexity index is 1480. The third kappa shape index (κ3) is 3.83. The van der Waals surface area contributed by atoms with Crippen molar-refractivity contribution >= 4 is 29.4 Å². The van der Waals surface area contributed by atoms with E-state index in [1.165, 1.54) is 49.7 Å². The van der Waals surface area contributed by atoms with Crippen LogP contribution in [0.15, 0.2) is 109 Å². The molecule has 0 bridgehead atoms. The van der Waals surface area contributed by atoms with E-state index in [-0.39, 0.29) is 5.92 Å². The molecule has 1 aliphatic carbocycles. The van der Waals surface area contributed by atoms with Gasteiger partial charge in [-0.15, -0.1) is 0 Å². The predicted octanol–water partition coefficient (Wildman–Crippen LogP) is 8.50. The second-order valence-corrected chi connectivity index (χ2v) is 18.2. The molecule has 0 spiro atoms. The Labute approximate surface area is 211 Å². The monoisotopic (exact) mass is 515 g/mol. The van der Waals surface area contributed by atoms with Crippen LogP contribution >= 0.6 is 18.6 Å². The van der Waals surface area contributed by atoms with Gasteiger partial charge in [0.05, 0.1) is 0 Å². The number of hydrogen-bond acceptors (Lipinski definition) is 1. The molecule has 1 aliphatic rings. The van der Waals surface area contributed by atoms with Gasteiger partial charge in [0.15, 0.2) is 0 Å². The summed E-state index contributed by atoms with van der Waals surface area (Å²) in [5.74, 6) is 0.104. The van der Waals surface area contributed by atoms with Crippen LogP contribution in [-0.2, 0) is 19.4 Å². The van der Waals surface area contributed by atoms with E-state index >= 15 is 0 Å². The fourth-order valence-corrected chi connectivity index (χ4v) is 7.95. The second kappa shape index (κ2) is 8.68. The van der Waals surface area contributed by atoms with Crippen molar-refractivity contribution in [3.63, 3.8) is 0 Å². The number of halogens is 2. The van der Waals surface area contributed by atoms with Crippen molar-refractivity contribution in [2.75, 3.05) is 0 Å². The van der Waals surface area contributed by atoms with Crippen LogP contribution in [0.3, 0.4) is 0 Å². The zero-order valence-corrected chi connectivity index (χ0v) is 21.6. The first-order valence-corrected chi connectivity index (χ1v) is 17.8. The molecule has 0 aliphatic heterocycles. The molecule has 4 heteroatoms. The molecule has 166 valence electrons. The van der Waals surface area contributed by atoms with Crippen LogP contribution in [0, 0.1) is 0 Å². The predicted molar refractivity (Wildman–Crippen MR) is 142 cm³/mol. The summed E-state index contributed by atoms with van der Waals surface area (Å²) in [6, 6.07) is 38.9. The molecule has 2 N–H and O–H groups in total. The van der Waals surface area contributed by atoms with Gasteiger partial charge in [-0.25, -0.2) is 0 Å². The van der Waals surface area contributed by atoms with E-state index in [1.807, 2.05) is 6.07 Å². The molecule has 0 unspecified atom stereocenters. The molecule has 0 radical (unpaired) electrons. The van der Waals surface area contributed by atoms with Crippen molar-refractivity contribution in [1.29, 1.82) is 0 Å². The molecule has 34 heavy (non-hydrogen) atoms. The quantitative estimate of drug-likeness (QED) is 0.234. The van der Waals surface area contributed by atoms with Gasteiger partial charge in [0.1, 0.15) is 0 Å². The van der Waals surface area contributed by atoms with Gasteiger partial charge in [-0.05, 0) is 0 Å². The van der Waals surface area contributed by atoms with Gasteiger partial charge in [0.2, 0.25) is 0 Å². The van der Waals surface area contributed by atoms with E-state index in [4.69, 9.17) is 22.8 Å². The molecule has 0 atom stereocenters. The van der Waals surface area contributed by atoms with Crippen molar-refractivity contribution in [1.82, 2.24) is 0 Å². The van der Waals surface area contributed by atoms with E-state index in [0.717, 1.165) is 5.56 Å². The standard InChI is InChI=1S/C30H21.2ClH.H2N.Ti/c1-20-28(30-26-17-9-7-15-24(26)25-16-8-10-18-27(25)30)19-22-13-5-6-14-23(22)29(20)21-11-3-2-4-12-21;;;;/h2-19,30H,1H2;2*1H;1H2;/q;;;-1;+3/p-2. The number of hydrogen-bond donors (Lipinski definition) is 1. The number of fused-ring (bicyclic) bond motifs is 4. The Morgan fingerprint density at radius 1 is 0.647 bits per heavy atom. The zero-order chi connectivity index (χ0) is 23.3. The van der Waals surface area contributed by atoms with Crippen LogP contribution in [0.2, 0.25) is 0 Å². The van der Waals surface area contributed by atoms with E-state index in [0.29, 0.717) is 4.73 Å². The van der Waals surface area contributed by atoms with E-state index in [1.54, 1.807) is 0 Å². The first kappa shape index (κ1) is 22.1. The first-order chi connectivity index (χ1) is 16.5. The van der Waals surface area contributed by atoms with Crippen molar-refractivity contribution in [2.24, 2.45) is 4.22 Å². The Balaban J connectivity index is 1.74. The van der Waals surface area contributed by atoms with Crippen LogP contribution in [0.4, 0.5) is 0 Å². The fraction of sp³-hybridized carbons (Fsp3) is 0.0667. The van der Waals surface area contributed by atoms with Gasteiger partial charge in [0, 0.05) is 0 Å². The van der Waals surface area contributed by atoms with Gasteiger partial charge in [-0.2, -0.15) is 0 Å². The number of nitrogens with two attached hydrogens (primary N) is 1. The Morgan fingerprint density at radius 2 is 1.21 bits per heavy atom. The molecule has 0 saturated carbocycles. The molecular formula is C30H23Cl2NTi. The normalized spacial score (nSPS) is 13.1. The summed E-state index contributed by atoms with van der Waals surface area (Å²) in [7, 11) is 13.4. The van der Waals surface area contributed by atoms with E-state index < -0.39 is 14.7 Å². The summed E-state index contributed by atoms with van der Waals surface area (Å²) >= 11 is -3.52. The Morgan fingerprint density at radius 3 is 1.85 bits per heavy atom. The SMILES string of the molecule is [NH2][Ti]([Cl])([Cl])[CH2]c1c(C2c3ccccc3-c3ccccc32)cc2ccccc2c1-c1ccccc1. The van der Waals surface area contributed by atoms with Crippen LogP contribution in [0.25, 0.3) is 33.0 Å². The summed E-state index contributed by atoms with van der Waals surface area (Å²) in [6.07, 6.45) is 0. The summed E-state index contributed by atoms with van der Waals surface area (Å²) in [6.45, 7) is 0. The average molecular weight is 516 g/mol. The molecule has 5 aromatic carbocycles. The van der Waals surface area contributed by atoms with Gasteiger partial charge in [0.25, 0.3) is 0 Å². The molecule has 0 heterocycles. The minimum absolute atomic E-state index is 0.104. The molecule has 1 nitrogen and oxygen atoms in total. The Hall–Kier alpha value is -2.39. The van der Waals surface area contributed by atoms with Crippen molar-refractivity contribution in [2.45, 2.75) is 10.6 Å². The van der Waals surface area contributed by atoms with Crippen molar-refractivity contribution < 1.29 is 14.7 Å². The molecular weight excluding hydrogens is 493 g/mol. The Kier molecular flexibility index (Phi) is 5.64. The van der Waals surface area contributed by atoms with Gasteiger partial charge < -0.3 is 0 Å². The summed E-state index contributed by atoms with van der Waals surface area (Å²) in [5.41, 5.74) is 10.00. The average Bonchev–Trinajstić information content (AvgIpc) is 3.18. The van der Waals surface area contributed by atoms with Gasteiger partial charge in [-0.3, -0.25) is 0 Å². The van der Waals surface area contributed by atoms with E-state index in [2.05, 4.69) is 103 Å². The molecule has 5 aromatic rings. The molecule has 6 rings (SSSR count). The third-order valence-corrected chi connectivity index (χ3v) is 9.20. The van der Waals surface area contributed by atoms with Crippen LogP contribution in [0.1, 0.15) is 28.2 Å². The van der Waals surface area contributed by atoms with E-state index in [9.17, 15) is 0 Å². The third-order valence-electron chi connectivity index (χ3n) is 6.81. The fourth-order valence-electron chi connectivity index (χ4n) is 5.52. The van der Waals surface area contributed by atoms with Crippen molar-refractivity contribution in [3.05, 3.63) is 131 Å². The summed E-state index contributed by atoms with van der Waals surface area (Å²) < 4.78 is 6.96.